The molecule has 0 fully saturated rings. The number of amides is 2. The maximum atomic E-state index is 12.8. The SMILES string of the molecule is NC(=O)Cc1ccc(NC(=O)c2ccc(S(=O)(=O)Nc3cccc(C(F)(F)F)c3)cc2)cc1. The zero-order valence-electron chi connectivity index (χ0n) is 16.9. The second-order valence-corrected chi connectivity index (χ2v) is 8.68. The zero-order valence-corrected chi connectivity index (χ0v) is 17.7. The van der Waals surface area contributed by atoms with Crippen molar-refractivity contribution in [3.63, 3.8) is 0 Å². The molecule has 172 valence electrons. The standard InChI is InChI=1S/C22H18F3N3O4S/c23-22(24,25)16-2-1-3-18(13-16)28-33(31,32)19-10-6-15(7-11-19)21(30)27-17-8-4-14(5-9-17)12-20(26)29/h1-11,13,28H,12H2,(H2,26,29)(H,27,30). The largest absolute Gasteiger partial charge is 0.416 e. The topological polar surface area (TPSA) is 118 Å². The van der Waals surface area contributed by atoms with Crippen LogP contribution in [0, 0.1) is 0 Å². The number of sulfonamides is 1. The maximum absolute atomic E-state index is 12.8. The molecule has 11 heteroatoms. The number of nitrogens with two attached hydrogens (primary N) is 1. The first-order valence-electron chi connectivity index (χ1n) is 9.43. The molecule has 3 rings (SSSR count). The highest BCUT2D eigenvalue weighted by Gasteiger charge is 2.30. The summed E-state index contributed by atoms with van der Waals surface area (Å²) in [5, 5.41) is 2.63. The molecular formula is C22H18F3N3O4S. The van der Waals surface area contributed by atoms with Gasteiger partial charge in [-0.3, -0.25) is 14.3 Å². The first-order chi connectivity index (χ1) is 15.4. The normalized spacial score (nSPS) is 11.6. The summed E-state index contributed by atoms with van der Waals surface area (Å²) in [5.41, 5.74) is 5.19. The van der Waals surface area contributed by atoms with Gasteiger partial charge in [-0.15, -0.1) is 0 Å². The Morgan fingerprint density at radius 3 is 2.09 bits per heavy atom. The van der Waals surface area contributed by atoms with Crippen LogP contribution < -0.4 is 15.8 Å². The highest BCUT2D eigenvalue weighted by atomic mass is 32.2. The van der Waals surface area contributed by atoms with Crippen molar-refractivity contribution in [3.05, 3.63) is 89.5 Å². The van der Waals surface area contributed by atoms with Crippen LogP contribution in [0.1, 0.15) is 21.5 Å². The Labute approximate surface area is 187 Å². The van der Waals surface area contributed by atoms with Gasteiger partial charge in [0.1, 0.15) is 0 Å². The average molecular weight is 477 g/mol. The molecule has 2 amide bonds. The highest BCUT2D eigenvalue weighted by Crippen LogP contribution is 2.31. The number of hydrogen-bond donors (Lipinski definition) is 3. The second kappa shape index (κ2) is 9.33. The molecule has 0 radical (unpaired) electrons. The number of carbonyl (C=O) groups excluding carboxylic acids is 2. The molecule has 0 atom stereocenters. The van der Waals surface area contributed by atoms with Crippen LogP contribution >= 0.6 is 0 Å². The summed E-state index contributed by atoms with van der Waals surface area (Å²) >= 11 is 0. The highest BCUT2D eigenvalue weighted by molar-refractivity contribution is 7.92. The van der Waals surface area contributed by atoms with Gasteiger partial charge in [-0.25, -0.2) is 8.42 Å². The van der Waals surface area contributed by atoms with Crippen molar-refractivity contribution in [1.29, 1.82) is 0 Å². The quantitative estimate of drug-likeness (QED) is 0.480. The van der Waals surface area contributed by atoms with Crippen molar-refractivity contribution in [2.45, 2.75) is 17.5 Å². The number of rotatable bonds is 7. The molecule has 33 heavy (non-hydrogen) atoms. The van der Waals surface area contributed by atoms with Crippen LogP contribution in [-0.2, 0) is 27.4 Å². The Hall–Kier alpha value is -3.86. The van der Waals surface area contributed by atoms with E-state index >= 15 is 0 Å². The smallest absolute Gasteiger partial charge is 0.369 e. The third-order valence-electron chi connectivity index (χ3n) is 4.46. The fourth-order valence-corrected chi connectivity index (χ4v) is 3.92. The van der Waals surface area contributed by atoms with Gasteiger partial charge in [0.15, 0.2) is 0 Å². The Morgan fingerprint density at radius 1 is 0.879 bits per heavy atom. The minimum absolute atomic E-state index is 0.0682. The Balaban J connectivity index is 1.70. The molecule has 4 N–H and O–H groups in total. The first-order valence-corrected chi connectivity index (χ1v) is 10.9. The van der Waals surface area contributed by atoms with Gasteiger partial charge in [-0.1, -0.05) is 18.2 Å². The lowest BCUT2D eigenvalue weighted by atomic mass is 10.1. The van der Waals surface area contributed by atoms with Gasteiger partial charge < -0.3 is 11.1 Å². The summed E-state index contributed by atoms with van der Waals surface area (Å²) in [6.07, 6.45) is -4.54. The zero-order chi connectivity index (χ0) is 24.2. The van der Waals surface area contributed by atoms with Crippen LogP contribution in [0.3, 0.4) is 0 Å². The summed E-state index contributed by atoms with van der Waals surface area (Å²) < 4.78 is 65.6. The van der Waals surface area contributed by atoms with Crippen LogP contribution in [0.25, 0.3) is 0 Å². The van der Waals surface area contributed by atoms with Crippen LogP contribution in [0.4, 0.5) is 24.5 Å². The van der Waals surface area contributed by atoms with Crippen molar-refractivity contribution >= 4 is 33.2 Å². The molecule has 0 saturated carbocycles. The number of hydrogen-bond acceptors (Lipinski definition) is 4. The number of anilines is 2. The molecule has 0 heterocycles. The van der Waals surface area contributed by atoms with E-state index in [1.54, 1.807) is 24.3 Å². The van der Waals surface area contributed by atoms with E-state index < -0.39 is 33.6 Å². The lowest BCUT2D eigenvalue weighted by molar-refractivity contribution is -0.137. The molecule has 0 spiro atoms. The van der Waals surface area contributed by atoms with Gasteiger partial charge in [0.25, 0.3) is 15.9 Å². The summed E-state index contributed by atoms with van der Waals surface area (Å²) in [4.78, 5) is 23.1. The minimum Gasteiger partial charge on any atom is -0.369 e. The van der Waals surface area contributed by atoms with E-state index in [9.17, 15) is 31.2 Å². The van der Waals surface area contributed by atoms with Crippen molar-refractivity contribution in [1.82, 2.24) is 0 Å². The molecule has 0 aliphatic carbocycles. The fraction of sp³-hybridized carbons (Fsp3) is 0.0909. The molecule has 0 aromatic heterocycles. The van der Waals surface area contributed by atoms with Gasteiger partial charge in [0.05, 0.1) is 16.9 Å². The predicted molar refractivity (Wildman–Crippen MR) is 116 cm³/mol. The molecule has 0 bridgehead atoms. The lowest BCUT2D eigenvalue weighted by Gasteiger charge is -2.12. The van der Waals surface area contributed by atoms with E-state index in [1.165, 1.54) is 30.3 Å². The number of alkyl halides is 3. The summed E-state index contributed by atoms with van der Waals surface area (Å²) in [7, 11) is -4.18. The van der Waals surface area contributed by atoms with Crippen molar-refractivity contribution in [2.24, 2.45) is 5.73 Å². The van der Waals surface area contributed by atoms with Gasteiger partial charge in [-0.2, -0.15) is 13.2 Å². The number of benzene rings is 3. The Bertz CT molecular complexity index is 1270. The van der Waals surface area contributed by atoms with Gasteiger partial charge in [0.2, 0.25) is 5.91 Å². The van der Waals surface area contributed by atoms with Crippen molar-refractivity contribution in [3.8, 4) is 0 Å². The predicted octanol–water partition coefficient (Wildman–Crippen LogP) is 3.79. The number of nitrogens with one attached hydrogen (secondary N) is 2. The Kier molecular flexibility index (Phi) is 6.73. The monoisotopic (exact) mass is 477 g/mol. The van der Waals surface area contributed by atoms with Crippen LogP contribution in [-0.4, -0.2) is 20.2 Å². The van der Waals surface area contributed by atoms with Crippen molar-refractivity contribution in [2.75, 3.05) is 10.0 Å². The summed E-state index contributed by atoms with van der Waals surface area (Å²) in [6.45, 7) is 0. The average Bonchev–Trinajstić information content (AvgIpc) is 2.74. The maximum Gasteiger partial charge on any atom is 0.416 e. The minimum atomic E-state index is -4.61. The molecule has 0 unspecified atom stereocenters. The van der Waals surface area contributed by atoms with E-state index in [1.807, 2.05) is 0 Å². The molecule has 0 aliphatic rings. The number of halogens is 3. The van der Waals surface area contributed by atoms with Gasteiger partial charge in [-0.05, 0) is 60.2 Å². The third-order valence-corrected chi connectivity index (χ3v) is 5.86. The van der Waals surface area contributed by atoms with Crippen LogP contribution in [0.5, 0.6) is 0 Å². The number of carbonyl (C=O) groups is 2. The van der Waals surface area contributed by atoms with Crippen molar-refractivity contribution < 1.29 is 31.2 Å². The second-order valence-electron chi connectivity index (χ2n) is 7.00. The Morgan fingerprint density at radius 2 is 1.52 bits per heavy atom. The van der Waals surface area contributed by atoms with E-state index in [0.717, 1.165) is 12.1 Å². The molecular weight excluding hydrogens is 459 g/mol. The molecule has 0 saturated heterocycles. The number of primary amides is 1. The molecule has 0 aliphatic heterocycles. The first kappa shape index (κ1) is 23.8. The lowest BCUT2D eigenvalue weighted by Crippen LogP contribution is -2.15. The van der Waals surface area contributed by atoms with E-state index in [0.29, 0.717) is 17.3 Å². The molecule has 3 aromatic carbocycles. The van der Waals surface area contributed by atoms with Crippen LogP contribution in [0.15, 0.2) is 77.7 Å². The molecule has 7 nitrogen and oxygen atoms in total. The summed E-state index contributed by atoms with van der Waals surface area (Å²) in [5.74, 6) is -0.989. The third kappa shape index (κ3) is 6.32. The van der Waals surface area contributed by atoms with Gasteiger partial charge in [0, 0.05) is 16.9 Å². The van der Waals surface area contributed by atoms with Crippen LogP contribution in [0.2, 0.25) is 0 Å². The van der Waals surface area contributed by atoms with Gasteiger partial charge >= 0.3 is 6.18 Å². The molecule has 3 aromatic rings. The van der Waals surface area contributed by atoms with E-state index in [4.69, 9.17) is 5.73 Å². The van der Waals surface area contributed by atoms with E-state index in [2.05, 4.69) is 10.0 Å². The van der Waals surface area contributed by atoms with E-state index in [-0.39, 0.29) is 22.6 Å². The summed E-state index contributed by atoms with van der Waals surface area (Å²) in [6, 6.07) is 15.1. The fourth-order valence-electron chi connectivity index (χ4n) is 2.87.